The molecule has 1 aliphatic heterocycles. The van der Waals surface area contributed by atoms with Crippen LogP contribution >= 0.6 is 0 Å². The van der Waals surface area contributed by atoms with Crippen molar-refractivity contribution in [2.24, 2.45) is 0 Å². The summed E-state index contributed by atoms with van der Waals surface area (Å²) < 4.78 is 12.8. The number of benzene rings is 1. The molecule has 3 rings (SSSR count). The average Bonchev–Trinajstić information content (AvgIpc) is 2.92. The lowest BCUT2D eigenvalue weighted by molar-refractivity contribution is 0.0526. The number of aromatic hydroxyl groups is 1. The van der Waals surface area contributed by atoms with Gasteiger partial charge in [-0.25, -0.2) is 4.79 Å². The minimum absolute atomic E-state index is 0.0237. The average molecular weight is 315 g/mol. The zero-order chi connectivity index (χ0) is 16.6. The first-order valence-corrected chi connectivity index (χ1v) is 7.89. The number of hydrogen-bond acceptors (Lipinski definition) is 4. The van der Waals surface area contributed by atoms with Crippen LogP contribution in [0.25, 0.3) is 11.3 Å². The van der Waals surface area contributed by atoms with Crippen molar-refractivity contribution < 1.29 is 19.4 Å². The van der Waals surface area contributed by atoms with Crippen molar-refractivity contribution in [1.29, 1.82) is 0 Å². The highest BCUT2D eigenvalue weighted by molar-refractivity contribution is 5.91. The van der Waals surface area contributed by atoms with Gasteiger partial charge in [0.1, 0.15) is 0 Å². The summed E-state index contributed by atoms with van der Waals surface area (Å²) in [5.74, 6) is 0.308. The molecular formula is C18H21NO4. The van der Waals surface area contributed by atoms with Crippen molar-refractivity contribution >= 4 is 5.97 Å². The molecule has 2 aromatic rings. The maximum atomic E-state index is 11.9. The van der Waals surface area contributed by atoms with E-state index in [2.05, 4.69) is 0 Å². The molecule has 0 unspecified atom stereocenters. The van der Waals surface area contributed by atoms with Crippen molar-refractivity contribution in [3.8, 4) is 22.8 Å². The summed E-state index contributed by atoms with van der Waals surface area (Å²) in [5, 5.41) is 10.1. The van der Waals surface area contributed by atoms with Crippen molar-refractivity contribution in [3.05, 3.63) is 35.5 Å². The number of aromatic nitrogens is 1. The highest BCUT2D eigenvalue weighted by Gasteiger charge is 2.22. The first-order chi connectivity index (χ1) is 11.0. The smallest absolute Gasteiger partial charge is 0.339 e. The maximum absolute atomic E-state index is 11.9. The van der Waals surface area contributed by atoms with Crippen molar-refractivity contribution in [2.75, 3.05) is 6.61 Å². The van der Waals surface area contributed by atoms with Crippen LogP contribution < -0.4 is 4.74 Å². The standard InChI is InChI=1S/C18H21NO4/c1-4-22-18(21)13-7-15-14-9-17(23-11(2)3)16(20)8-12(14)5-6-19(15)10-13/h7-11,20H,4-6H2,1-3H3. The van der Waals surface area contributed by atoms with Gasteiger partial charge in [-0.3, -0.25) is 0 Å². The third-order valence-electron chi connectivity index (χ3n) is 3.85. The molecule has 1 aromatic heterocycles. The fraction of sp³-hybridized carbons (Fsp3) is 0.389. The van der Waals surface area contributed by atoms with Crippen molar-refractivity contribution in [3.63, 3.8) is 0 Å². The molecule has 122 valence electrons. The lowest BCUT2D eigenvalue weighted by Gasteiger charge is -2.21. The Bertz CT molecular complexity index is 746. The predicted octanol–water partition coefficient (Wildman–Crippen LogP) is 3.38. The van der Waals surface area contributed by atoms with Gasteiger partial charge in [0, 0.05) is 24.0 Å². The van der Waals surface area contributed by atoms with Gasteiger partial charge in [-0.05, 0) is 51.0 Å². The molecular weight excluding hydrogens is 294 g/mol. The largest absolute Gasteiger partial charge is 0.504 e. The van der Waals surface area contributed by atoms with Gasteiger partial charge in [-0.2, -0.15) is 0 Å². The third-order valence-corrected chi connectivity index (χ3v) is 3.85. The van der Waals surface area contributed by atoms with Gasteiger partial charge in [0.2, 0.25) is 0 Å². The summed E-state index contributed by atoms with van der Waals surface area (Å²) >= 11 is 0. The molecule has 0 fully saturated rings. The minimum atomic E-state index is -0.312. The van der Waals surface area contributed by atoms with Crippen LogP contribution in [0.2, 0.25) is 0 Å². The van der Waals surface area contributed by atoms with Gasteiger partial charge in [0.05, 0.1) is 18.3 Å². The molecule has 0 atom stereocenters. The van der Waals surface area contributed by atoms with E-state index in [0.717, 1.165) is 29.8 Å². The van der Waals surface area contributed by atoms with Crippen molar-refractivity contribution in [1.82, 2.24) is 4.57 Å². The molecule has 1 aromatic carbocycles. The Kier molecular flexibility index (Phi) is 4.03. The van der Waals surface area contributed by atoms with E-state index in [1.165, 1.54) is 0 Å². The number of phenolic OH excluding ortho intramolecular Hbond substituents is 1. The number of ether oxygens (including phenoxy) is 2. The fourth-order valence-electron chi connectivity index (χ4n) is 2.89. The SMILES string of the molecule is CCOC(=O)c1cc2n(c1)CCc1cc(O)c(OC(C)C)cc1-2. The first-order valence-electron chi connectivity index (χ1n) is 7.89. The van der Waals surface area contributed by atoms with Crippen LogP contribution in [0.15, 0.2) is 24.4 Å². The summed E-state index contributed by atoms with van der Waals surface area (Å²) in [6, 6.07) is 5.45. The van der Waals surface area contributed by atoms with Crippen LogP contribution in [-0.2, 0) is 17.7 Å². The summed E-state index contributed by atoms with van der Waals surface area (Å²) in [5.41, 5.74) is 3.54. The molecule has 0 saturated carbocycles. The molecule has 1 aliphatic rings. The second kappa shape index (κ2) is 5.99. The van der Waals surface area contributed by atoms with E-state index >= 15 is 0 Å². The molecule has 5 heteroatoms. The van der Waals surface area contributed by atoms with E-state index in [0.29, 0.717) is 17.9 Å². The lowest BCUT2D eigenvalue weighted by atomic mass is 9.97. The fourth-order valence-corrected chi connectivity index (χ4v) is 2.89. The van der Waals surface area contributed by atoms with Crippen molar-refractivity contribution in [2.45, 2.75) is 39.8 Å². The summed E-state index contributed by atoms with van der Waals surface area (Å²) in [6.07, 6.45) is 2.60. The van der Waals surface area contributed by atoms with E-state index in [9.17, 15) is 9.90 Å². The molecule has 23 heavy (non-hydrogen) atoms. The Labute approximate surface area is 135 Å². The van der Waals surface area contributed by atoms with Crippen LogP contribution in [0, 0.1) is 0 Å². The molecule has 0 saturated heterocycles. The van der Waals surface area contributed by atoms with E-state index in [1.54, 1.807) is 13.0 Å². The number of rotatable bonds is 4. The van der Waals surface area contributed by atoms with Crippen LogP contribution in [0.4, 0.5) is 0 Å². The Morgan fingerprint density at radius 3 is 2.83 bits per heavy atom. The van der Waals surface area contributed by atoms with Gasteiger partial charge < -0.3 is 19.1 Å². The second-order valence-corrected chi connectivity index (χ2v) is 5.92. The summed E-state index contributed by atoms with van der Waals surface area (Å²) in [6.45, 7) is 6.75. The number of nitrogens with zero attached hydrogens (tertiary/aromatic N) is 1. The van der Waals surface area contributed by atoms with Gasteiger partial charge in [0.25, 0.3) is 0 Å². The number of carbonyl (C=O) groups is 1. The normalized spacial score (nSPS) is 12.7. The maximum Gasteiger partial charge on any atom is 0.339 e. The Morgan fingerprint density at radius 1 is 1.35 bits per heavy atom. The molecule has 2 heterocycles. The monoisotopic (exact) mass is 315 g/mol. The van der Waals surface area contributed by atoms with Crippen LogP contribution in [-0.4, -0.2) is 28.4 Å². The Morgan fingerprint density at radius 2 is 2.13 bits per heavy atom. The highest BCUT2D eigenvalue weighted by atomic mass is 16.5. The number of aryl methyl sites for hydroxylation is 2. The topological polar surface area (TPSA) is 60.7 Å². The Hall–Kier alpha value is -2.43. The van der Waals surface area contributed by atoms with Gasteiger partial charge >= 0.3 is 5.97 Å². The van der Waals surface area contributed by atoms with Crippen LogP contribution in [0.1, 0.15) is 36.7 Å². The molecule has 5 nitrogen and oxygen atoms in total. The minimum Gasteiger partial charge on any atom is -0.504 e. The number of carbonyl (C=O) groups excluding carboxylic acids is 1. The number of hydrogen-bond donors (Lipinski definition) is 1. The molecule has 0 aliphatic carbocycles. The van der Waals surface area contributed by atoms with Crippen LogP contribution in [0.5, 0.6) is 11.5 Å². The zero-order valence-electron chi connectivity index (χ0n) is 13.6. The number of esters is 1. The number of phenols is 1. The highest BCUT2D eigenvalue weighted by Crippen LogP contribution is 2.39. The molecule has 0 radical (unpaired) electrons. The molecule has 0 amide bonds. The predicted molar refractivity (Wildman–Crippen MR) is 87.0 cm³/mol. The number of fused-ring (bicyclic) bond motifs is 3. The lowest BCUT2D eigenvalue weighted by Crippen LogP contribution is -2.11. The summed E-state index contributed by atoms with van der Waals surface area (Å²) in [7, 11) is 0. The van der Waals surface area contributed by atoms with E-state index in [-0.39, 0.29) is 17.8 Å². The molecule has 0 spiro atoms. The second-order valence-electron chi connectivity index (χ2n) is 5.92. The molecule has 0 bridgehead atoms. The van der Waals surface area contributed by atoms with Gasteiger partial charge in [0.15, 0.2) is 11.5 Å². The first kappa shape index (κ1) is 15.5. The van der Waals surface area contributed by atoms with E-state index in [1.807, 2.05) is 36.7 Å². The van der Waals surface area contributed by atoms with Crippen LogP contribution in [0.3, 0.4) is 0 Å². The molecule has 1 N–H and O–H groups in total. The van der Waals surface area contributed by atoms with Gasteiger partial charge in [-0.1, -0.05) is 0 Å². The zero-order valence-corrected chi connectivity index (χ0v) is 13.6. The third kappa shape index (κ3) is 2.91. The van der Waals surface area contributed by atoms with E-state index in [4.69, 9.17) is 9.47 Å². The summed E-state index contributed by atoms with van der Waals surface area (Å²) in [4.78, 5) is 11.9. The quantitative estimate of drug-likeness (QED) is 0.879. The van der Waals surface area contributed by atoms with Gasteiger partial charge in [-0.15, -0.1) is 0 Å². The Balaban J connectivity index is 2.03. The van der Waals surface area contributed by atoms with E-state index < -0.39 is 0 Å².